The zero-order valence-electron chi connectivity index (χ0n) is 28.0. The molecule has 256 valence electrons. The van der Waals surface area contributed by atoms with Crippen molar-refractivity contribution in [3.05, 3.63) is 47.5 Å². The van der Waals surface area contributed by atoms with Crippen LogP contribution in [0.15, 0.2) is 36.4 Å². The van der Waals surface area contributed by atoms with Crippen molar-refractivity contribution >= 4 is 76.8 Å². The van der Waals surface area contributed by atoms with Gasteiger partial charge < -0.3 is 26.0 Å². The van der Waals surface area contributed by atoms with Gasteiger partial charge in [-0.3, -0.25) is 24.0 Å². The fraction of sp³-hybridized carbons (Fsp3) is 0.500. The van der Waals surface area contributed by atoms with Crippen LogP contribution in [0.5, 0.6) is 0 Å². The molecule has 0 radical (unpaired) electrons. The van der Waals surface area contributed by atoms with E-state index in [1.165, 1.54) is 0 Å². The normalized spacial score (nSPS) is 12.4. The largest absolute Gasteiger partial charge is 0.465 e. The predicted molar refractivity (Wildman–Crippen MR) is 202 cm³/mol. The number of anilines is 2. The number of benzene rings is 2. The first-order valence-electron chi connectivity index (χ1n) is 16.5. The van der Waals surface area contributed by atoms with E-state index in [0.29, 0.717) is 43.6 Å². The SMILES string of the molecule is CCCNC(=O)CC.CCCNC(=O)CCCC(=O)Nc1ccc2c(c1)C(COC(=O)CB(P)I)c1cc(NC(=O)CCC)ccc1-2. The molecular weight excluding hydrogens is 729 g/mol. The minimum absolute atomic E-state index is 0.0434. The first-order valence-corrected chi connectivity index (χ1v) is 18.4. The number of carbonyl (C=O) groups is 5. The number of halogens is 1. The summed E-state index contributed by atoms with van der Waals surface area (Å²) in [5.74, 6) is -0.619. The summed E-state index contributed by atoms with van der Waals surface area (Å²) in [6.45, 7) is 9.45. The number of amides is 4. The third-order valence-corrected chi connectivity index (χ3v) is 7.91. The van der Waals surface area contributed by atoms with E-state index in [9.17, 15) is 24.0 Å². The van der Waals surface area contributed by atoms with Gasteiger partial charge in [-0.25, -0.2) is 0 Å². The van der Waals surface area contributed by atoms with Gasteiger partial charge in [-0.2, -0.15) is 9.12 Å². The van der Waals surface area contributed by atoms with Gasteiger partial charge in [-0.15, -0.1) is 22.4 Å². The second-order valence-corrected chi connectivity index (χ2v) is 15.1. The molecule has 3 rings (SSSR count). The molecule has 0 aliphatic heterocycles. The maximum absolute atomic E-state index is 12.6. The summed E-state index contributed by atoms with van der Waals surface area (Å²) in [5, 5.41) is 11.5. The van der Waals surface area contributed by atoms with E-state index < -0.39 is 0 Å². The second kappa shape index (κ2) is 21.8. The molecule has 0 bridgehead atoms. The highest BCUT2D eigenvalue weighted by atomic mass is 127. The van der Waals surface area contributed by atoms with Crippen molar-refractivity contribution in [1.82, 2.24) is 10.6 Å². The first kappa shape index (κ1) is 40.2. The van der Waals surface area contributed by atoms with Crippen LogP contribution < -0.4 is 21.3 Å². The third-order valence-electron chi connectivity index (χ3n) is 7.23. The van der Waals surface area contributed by atoms with Crippen molar-refractivity contribution in [2.24, 2.45) is 0 Å². The van der Waals surface area contributed by atoms with Crippen LogP contribution in [0.2, 0.25) is 6.32 Å². The van der Waals surface area contributed by atoms with Gasteiger partial charge in [0, 0.05) is 62.4 Å². The maximum atomic E-state index is 12.6. The third kappa shape index (κ3) is 14.3. The molecule has 2 aromatic carbocycles. The molecule has 0 saturated carbocycles. The Labute approximate surface area is 295 Å². The van der Waals surface area contributed by atoms with Gasteiger partial charge in [0.15, 0.2) is 0 Å². The molecule has 47 heavy (non-hydrogen) atoms. The Morgan fingerprint density at radius 3 is 1.74 bits per heavy atom. The van der Waals surface area contributed by atoms with E-state index in [1.807, 2.05) is 64.1 Å². The fourth-order valence-electron chi connectivity index (χ4n) is 4.92. The van der Waals surface area contributed by atoms with Crippen LogP contribution in [-0.4, -0.2) is 53.6 Å². The smallest absolute Gasteiger partial charge is 0.299 e. The Kier molecular flexibility index (Phi) is 18.6. The standard InChI is InChI=1S/C28H36BIN3O5P.C6H13NO/c1-3-6-26(35)32-18-9-11-20-21-12-10-19(33-27(36)8-5-7-25(34)31-13-4-2)15-23(21)24(22(20)14-18)17-38-28(37)16-29(30)39;1-3-5-7-6(8)4-2/h9-12,14-15,24H,3-8,13,16-17,39H2,1-2H3,(H,31,34)(H,32,35)(H,33,36);3-5H2,1-2H3,(H,7,8). The van der Waals surface area contributed by atoms with Crippen LogP contribution in [-0.2, 0) is 28.7 Å². The van der Waals surface area contributed by atoms with Crippen LogP contribution in [0.4, 0.5) is 11.4 Å². The average molecular weight is 778 g/mol. The Morgan fingerprint density at radius 1 is 0.745 bits per heavy atom. The van der Waals surface area contributed by atoms with Crippen LogP contribution in [0.25, 0.3) is 11.1 Å². The van der Waals surface area contributed by atoms with Crippen LogP contribution in [0, 0.1) is 0 Å². The quantitative estimate of drug-likeness (QED) is 0.0631. The van der Waals surface area contributed by atoms with Gasteiger partial charge in [0.25, 0.3) is 10.3 Å². The minimum Gasteiger partial charge on any atom is -0.465 e. The summed E-state index contributed by atoms with van der Waals surface area (Å²) in [6.07, 6.45) is 5.00. The molecule has 0 saturated heterocycles. The van der Waals surface area contributed by atoms with Crippen molar-refractivity contribution in [3.63, 3.8) is 0 Å². The summed E-state index contributed by atoms with van der Waals surface area (Å²) in [4.78, 5) is 59.4. The number of fused-ring (bicyclic) bond motifs is 3. The van der Waals surface area contributed by atoms with Crippen LogP contribution in [0.3, 0.4) is 0 Å². The number of esters is 1. The molecule has 10 nitrogen and oxygen atoms in total. The number of carbonyl (C=O) groups excluding carboxylic acids is 5. The van der Waals surface area contributed by atoms with Crippen molar-refractivity contribution < 1.29 is 28.7 Å². The van der Waals surface area contributed by atoms with Crippen molar-refractivity contribution in [3.8, 4) is 11.1 Å². The zero-order chi connectivity index (χ0) is 34.8. The van der Waals surface area contributed by atoms with Crippen molar-refractivity contribution in [1.29, 1.82) is 0 Å². The molecule has 13 heteroatoms. The van der Waals surface area contributed by atoms with Crippen LogP contribution >= 0.6 is 31.5 Å². The lowest BCUT2D eigenvalue weighted by Crippen LogP contribution is -2.24. The number of hydrogen-bond donors (Lipinski definition) is 4. The lowest BCUT2D eigenvalue weighted by atomic mass is 9.97. The molecule has 0 heterocycles. The minimum atomic E-state index is -0.278. The summed E-state index contributed by atoms with van der Waals surface area (Å²) < 4.78 is 5.75. The number of ether oxygens (including phenoxy) is 1. The summed E-state index contributed by atoms with van der Waals surface area (Å²) in [5.41, 5.74) is 5.26. The topological polar surface area (TPSA) is 143 Å². The van der Waals surface area contributed by atoms with Gasteiger partial charge in [0.05, 0.1) is 0 Å². The van der Waals surface area contributed by atoms with E-state index in [2.05, 4.69) is 52.8 Å². The Balaban J connectivity index is 0.000000849. The van der Waals surface area contributed by atoms with E-state index in [-0.39, 0.29) is 59.2 Å². The summed E-state index contributed by atoms with van der Waals surface area (Å²) in [6, 6.07) is 11.5. The number of hydrogen-bond acceptors (Lipinski definition) is 6. The lowest BCUT2D eigenvalue weighted by Gasteiger charge is -2.16. The number of nitrogens with one attached hydrogen (secondary N) is 4. The van der Waals surface area contributed by atoms with Gasteiger partial charge in [0.1, 0.15) is 6.61 Å². The molecule has 0 aromatic heterocycles. The van der Waals surface area contributed by atoms with E-state index in [0.717, 1.165) is 48.1 Å². The Hall–Kier alpha value is -2.99. The molecule has 1 aliphatic carbocycles. The highest BCUT2D eigenvalue weighted by Gasteiger charge is 2.31. The molecular formula is C34H49BIN4O6P. The molecule has 4 amide bonds. The van der Waals surface area contributed by atoms with Crippen molar-refractivity contribution in [2.45, 2.75) is 91.3 Å². The predicted octanol–water partition coefficient (Wildman–Crippen LogP) is 6.44. The molecule has 0 fully saturated rings. The van der Waals surface area contributed by atoms with Gasteiger partial charge in [-0.05, 0) is 72.2 Å². The van der Waals surface area contributed by atoms with Crippen LogP contribution in [0.1, 0.15) is 96.1 Å². The van der Waals surface area contributed by atoms with E-state index >= 15 is 0 Å². The highest BCUT2D eigenvalue weighted by Crippen LogP contribution is 2.47. The Morgan fingerprint density at radius 2 is 1.26 bits per heavy atom. The van der Waals surface area contributed by atoms with E-state index in [1.54, 1.807) is 0 Å². The van der Waals surface area contributed by atoms with Crippen molar-refractivity contribution in [2.75, 3.05) is 30.3 Å². The van der Waals surface area contributed by atoms with E-state index in [4.69, 9.17) is 4.74 Å². The average Bonchev–Trinajstić information content (AvgIpc) is 3.33. The van der Waals surface area contributed by atoms with Gasteiger partial charge in [-0.1, -0.05) is 39.8 Å². The molecule has 2 unspecified atom stereocenters. The maximum Gasteiger partial charge on any atom is 0.299 e. The first-order chi connectivity index (χ1) is 22.5. The summed E-state index contributed by atoms with van der Waals surface area (Å²) in [7, 11) is 2.59. The van der Waals surface area contributed by atoms with Gasteiger partial charge >= 0.3 is 0 Å². The molecule has 2 aromatic rings. The summed E-state index contributed by atoms with van der Waals surface area (Å²) >= 11 is 2.16. The molecule has 0 spiro atoms. The lowest BCUT2D eigenvalue weighted by molar-refractivity contribution is -0.141. The Bertz CT molecular complexity index is 1380. The van der Waals surface area contributed by atoms with Gasteiger partial charge in [0.2, 0.25) is 23.6 Å². The molecule has 2 atom stereocenters. The molecule has 1 aliphatic rings. The molecule has 4 N–H and O–H groups in total. The second-order valence-electron chi connectivity index (χ2n) is 11.3. The monoisotopic (exact) mass is 778 g/mol. The fourth-order valence-corrected chi connectivity index (χ4v) is 5.47. The number of rotatable bonds is 17. The highest BCUT2D eigenvalue weighted by molar-refractivity contribution is 14.1. The zero-order valence-corrected chi connectivity index (χ0v) is 31.3.